The predicted molar refractivity (Wildman–Crippen MR) is 99.6 cm³/mol. The molecular weight excluding hydrogens is 350 g/mol. The van der Waals surface area contributed by atoms with E-state index in [1.54, 1.807) is 31.4 Å². The Morgan fingerprint density at radius 3 is 2.12 bits per heavy atom. The average Bonchev–Trinajstić information content (AvgIpc) is 2.62. The lowest BCUT2D eigenvalue weighted by molar-refractivity contribution is -0.185. The summed E-state index contributed by atoms with van der Waals surface area (Å²) < 4.78 is 39.9. The molecule has 4 saturated carbocycles. The van der Waals surface area contributed by atoms with Gasteiger partial charge in [0, 0.05) is 13.7 Å². The highest BCUT2D eigenvalue weighted by atomic mass is 32.2. The number of rotatable bonds is 7. The molecule has 0 spiro atoms. The maximum absolute atomic E-state index is 12.8. The van der Waals surface area contributed by atoms with Crippen molar-refractivity contribution in [3.63, 3.8) is 0 Å². The first-order valence-corrected chi connectivity index (χ1v) is 11.2. The zero-order valence-corrected chi connectivity index (χ0v) is 16.4. The van der Waals surface area contributed by atoms with E-state index in [0.29, 0.717) is 30.7 Å². The number of hydrogen-bond acceptors (Lipinski definition) is 4. The van der Waals surface area contributed by atoms with E-state index in [0.717, 1.165) is 11.8 Å². The van der Waals surface area contributed by atoms with Gasteiger partial charge in [-0.3, -0.25) is 0 Å². The number of benzene rings is 1. The summed E-state index contributed by atoms with van der Waals surface area (Å²) >= 11 is 0. The summed E-state index contributed by atoms with van der Waals surface area (Å²) in [5.41, 5.74) is -0.342. The second-order valence-electron chi connectivity index (χ2n) is 8.19. The first-order valence-electron chi connectivity index (χ1n) is 9.74. The van der Waals surface area contributed by atoms with Crippen molar-refractivity contribution in [2.24, 2.45) is 23.7 Å². The number of ether oxygens (including phenoxy) is 2. The summed E-state index contributed by atoms with van der Waals surface area (Å²) in [6, 6.07) is 6.60. The van der Waals surface area contributed by atoms with Gasteiger partial charge in [-0.15, -0.1) is 0 Å². The smallest absolute Gasteiger partial charge is 0.240 e. The zero-order valence-electron chi connectivity index (χ0n) is 15.6. The Bertz CT molecular complexity index is 716. The van der Waals surface area contributed by atoms with Gasteiger partial charge >= 0.3 is 0 Å². The maximum Gasteiger partial charge on any atom is 0.240 e. The fourth-order valence-electron chi connectivity index (χ4n) is 5.85. The van der Waals surface area contributed by atoms with Gasteiger partial charge in [-0.2, -0.15) is 0 Å². The Kier molecular flexibility index (Phi) is 4.78. The van der Waals surface area contributed by atoms with Crippen molar-refractivity contribution < 1.29 is 17.9 Å². The number of sulfonamides is 1. The van der Waals surface area contributed by atoms with Crippen LogP contribution in [0.25, 0.3) is 0 Å². The van der Waals surface area contributed by atoms with Crippen molar-refractivity contribution in [3.8, 4) is 5.75 Å². The van der Waals surface area contributed by atoms with Gasteiger partial charge in [0.1, 0.15) is 5.75 Å². The predicted octanol–water partition coefficient (Wildman–Crippen LogP) is 3.20. The molecule has 0 aromatic heterocycles. The zero-order chi connectivity index (χ0) is 18.4. The van der Waals surface area contributed by atoms with Crippen molar-refractivity contribution >= 4 is 10.0 Å². The van der Waals surface area contributed by atoms with Crippen molar-refractivity contribution in [3.05, 3.63) is 24.3 Å². The summed E-state index contributed by atoms with van der Waals surface area (Å²) in [6.07, 6.45) is 6.11. The summed E-state index contributed by atoms with van der Waals surface area (Å²) in [5, 5.41) is 0. The molecule has 1 N–H and O–H groups in total. The molecule has 0 radical (unpaired) electrons. The average molecular weight is 380 g/mol. The molecule has 0 saturated heterocycles. The Hall–Kier alpha value is -1.11. The summed E-state index contributed by atoms with van der Waals surface area (Å²) in [4.78, 5) is 0.274. The van der Waals surface area contributed by atoms with Crippen LogP contribution in [0.2, 0.25) is 0 Å². The Balaban J connectivity index is 1.49. The monoisotopic (exact) mass is 379 g/mol. The van der Waals surface area contributed by atoms with Gasteiger partial charge in [-0.05, 0) is 87.0 Å². The van der Waals surface area contributed by atoms with Crippen molar-refractivity contribution in [1.29, 1.82) is 0 Å². The van der Waals surface area contributed by atoms with Gasteiger partial charge in [-0.25, -0.2) is 13.1 Å². The van der Waals surface area contributed by atoms with E-state index in [4.69, 9.17) is 9.47 Å². The Morgan fingerprint density at radius 1 is 1.04 bits per heavy atom. The molecule has 0 aliphatic heterocycles. The van der Waals surface area contributed by atoms with Crippen LogP contribution in [0.3, 0.4) is 0 Å². The summed E-state index contributed by atoms with van der Waals surface area (Å²) in [7, 11) is -1.80. The summed E-state index contributed by atoms with van der Waals surface area (Å²) in [5.74, 6) is 3.28. The van der Waals surface area contributed by atoms with Crippen molar-refractivity contribution in [2.45, 2.75) is 49.5 Å². The van der Waals surface area contributed by atoms with Gasteiger partial charge in [0.15, 0.2) is 0 Å². The molecule has 4 aliphatic carbocycles. The van der Waals surface area contributed by atoms with Crippen LogP contribution in [-0.4, -0.2) is 34.3 Å². The van der Waals surface area contributed by atoms with E-state index in [1.165, 1.54) is 32.1 Å². The lowest BCUT2D eigenvalue weighted by Crippen LogP contribution is -2.63. The third-order valence-electron chi connectivity index (χ3n) is 6.88. The van der Waals surface area contributed by atoms with E-state index in [9.17, 15) is 8.42 Å². The van der Waals surface area contributed by atoms with Gasteiger partial charge < -0.3 is 9.47 Å². The van der Waals surface area contributed by atoms with Gasteiger partial charge in [0.05, 0.1) is 17.1 Å². The summed E-state index contributed by atoms with van der Waals surface area (Å²) in [6.45, 7) is 2.83. The third kappa shape index (κ3) is 3.06. The first kappa shape index (κ1) is 18.3. The molecule has 0 amide bonds. The quantitative estimate of drug-likeness (QED) is 0.790. The topological polar surface area (TPSA) is 64.6 Å². The first-order chi connectivity index (χ1) is 12.5. The van der Waals surface area contributed by atoms with Gasteiger partial charge in [0.2, 0.25) is 10.0 Å². The highest BCUT2D eigenvalue weighted by Crippen LogP contribution is 2.59. The second-order valence-corrected chi connectivity index (χ2v) is 9.96. The molecule has 1 aromatic carbocycles. The molecular formula is C20H29NO4S. The van der Waals surface area contributed by atoms with Crippen LogP contribution in [0.15, 0.2) is 29.2 Å². The molecule has 1 aromatic rings. The standard InChI is InChI=1S/C20H29NO4S/c1-3-25-18-4-6-19(7-5-18)26(22,23)21-13-20(24-2)16-9-14-8-15(11-16)12-17(20)10-14/h4-7,14-17,21H,3,8-13H2,1-2H3. The largest absolute Gasteiger partial charge is 0.494 e. The normalized spacial score (nSPS) is 35.6. The molecule has 0 heterocycles. The van der Waals surface area contributed by atoms with Gasteiger partial charge in [0.25, 0.3) is 0 Å². The van der Waals surface area contributed by atoms with E-state index < -0.39 is 10.0 Å². The maximum atomic E-state index is 12.8. The highest BCUT2D eigenvalue weighted by Gasteiger charge is 2.57. The molecule has 5 nitrogen and oxygen atoms in total. The van der Waals surface area contributed by atoms with Gasteiger partial charge in [-0.1, -0.05) is 0 Å². The van der Waals surface area contributed by atoms with E-state index in [-0.39, 0.29) is 10.5 Å². The van der Waals surface area contributed by atoms with Crippen LogP contribution in [-0.2, 0) is 14.8 Å². The number of hydrogen-bond donors (Lipinski definition) is 1. The van der Waals surface area contributed by atoms with Crippen molar-refractivity contribution in [1.82, 2.24) is 4.72 Å². The fourth-order valence-corrected chi connectivity index (χ4v) is 6.93. The van der Waals surface area contributed by atoms with Crippen LogP contribution < -0.4 is 9.46 Å². The van der Waals surface area contributed by atoms with E-state index in [1.807, 2.05) is 6.92 Å². The molecule has 0 atom stereocenters. The lowest BCUT2D eigenvalue weighted by atomic mass is 9.50. The fraction of sp³-hybridized carbons (Fsp3) is 0.700. The van der Waals surface area contributed by atoms with Crippen LogP contribution in [0.5, 0.6) is 5.75 Å². The van der Waals surface area contributed by atoms with Crippen LogP contribution in [0.4, 0.5) is 0 Å². The molecule has 26 heavy (non-hydrogen) atoms. The lowest BCUT2D eigenvalue weighted by Gasteiger charge is -2.60. The Morgan fingerprint density at radius 2 is 1.62 bits per heavy atom. The number of methoxy groups -OCH3 is 1. The Labute approximate surface area is 156 Å². The highest BCUT2D eigenvalue weighted by molar-refractivity contribution is 7.89. The molecule has 0 unspecified atom stereocenters. The van der Waals surface area contributed by atoms with Crippen LogP contribution in [0, 0.1) is 23.7 Å². The van der Waals surface area contributed by atoms with Crippen molar-refractivity contribution in [2.75, 3.05) is 20.3 Å². The van der Waals surface area contributed by atoms with E-state index >= 15 is 0 Å². The minimum absolute atomic E-state index is 0.274. The van der Waals surface area contributed by atoms with E-state index in [2.05, 4.69) is 4.72 Å². The molecule has 5 rings (SSSR count). The molecule has 144 valence electrons. The third-order valence-corrected chi connectivity index (χ3v) is 8.30. The SMILES string of the molecule is CCOc1ccc(S(=O)(=O)NCC2(OC)C3CC4CC(C3)CC2C4)cc1. The second kappa shape index (κ2) is 6.80. The number of nitrogens with one attached hydrogen (secondary N) is 1. The molecule has 6 heteroatoms. The molecule has 4 aliphatic rings. The molecule has 4 fully saturated rings. The minimum atomic E-state index is -3.56. The van der Waals surface area contributed by atoms with Crippen LogP contribution in [0.1, 0.15) is 39.0 Å². The minimum Gasteiger partial charge on any atom is -0.494 e. The van der Waals surface area contributed by atoms with Crippen LogP contribution >= 0.6 is 0 Å². The molecule has 4 bridgehead atoms.